The van der Waals surface area contributed by atoms with Gasteiger partial charge in [-0.05, 0) is 48.2 Å². The highest BCUT2D eigenvalue weighted by Gasteiger charge is 2.31. The molecule has 0 saturated heterocycles. The molecule has 1 aliphatic rings. The van der Waals surface area contributed by atoms with Gasteiger partial charge in [-0.2, -0.15) is 0 Å². The molecule has 2 nitrogen and oxygen atoms in total. The fourth-order valence-corrected chi connectivity index (χ4v) is 2.19. The van der Waals surface area contributed by atoms with Crippen molar-refractivity contribution in [3.05, 3.63) is 22.4 Å². The maximum absolute atomic E-state index is 13.3. The highest BCUT2D eigenvalue weighted by atomic mass is 79.9. The Morgan fingerprint density at radius 3 is 2.67 bits per heavy atom. The number of hydrogen-bond acceptors (Lipinski definition) is 2. The summed E-state index contributed by atoms with van der Waals surface area (Å²) in [5, 5.41) is 3.31. The molecule has 0 atom stereocenters. The third-order valence-electron chi connectivity index (χ3n) is 2.99. The van der Waals surface area contributed by atoms with E-state index in [4.69, 9.17) is 5.73 Å². The quantitative estimate of drug-likeness (QED) is 0.809. The van der Waals surface area contributed by atoms with Crippen molar-refractivity contribution < 1.29 is 4.39 Å². The zero-order chi connectivity index (χ0) is 11.1. The molecule has 0 amide bonds. The van der Waals surface area contributed by atoms with E-state index in [0.29, 0.717) is 15.8 Å². The fourth-order valence-electron chi connectivity index (χ4n) is 1.83. The van der Waals surface area contributed by atoms with Crippen LogP contribution in [0.1, 0.15) is 26.2 Å². The normalized spacial score (nSPS) is 18.3. The molecule has 82 valence electrons. The second-order valence-corrected chi connectivity index (χ2v) is 5.25. The molecule has 0 bridgehead atoms. The Balaban J connectivity index is 2.24. The Morgan fingerprint density at radius 1 is 1.47 bits per heavy atom. The van der Waals surface area contributed by atoms with Crippen LogP contribution in [0.25, 0.3) is 0 Å². The topological polar surface area (TPSA) is 38.0 Å². The second kappa shape index (κ2) is 3.67. The van der Waals surface area contributed by atoms with E-state index in [1.165, 1.54) is 12.5 Å². The van der Waals surface area contributed by atoms with Gasteiger partial charge in [0.05, 0.1) is 15.8 Å². The number of benzene rings is 1. The molecule has 0 heterocycles. The molecule has 1 aromatic carbocycles. The van der Waals surface area contributed by atoms with E-state index >= 15 is 0 Å². The number of nitrogens with two attached hydrogens (primary N) is 1. The number of hydrogen-bond donors (Lipinski definition) is 2. The van der Waals surface area contributed by atoms with Crippen LogP contribution in [0.2, 0.25) is 0 Å². The zero-order valence-corrected chi connectivity index (χ0v) is 10.2. The summed E-state index contributed by atoms with van der Waals surface area (Å²) in [5.74, 6) is -0.283. The van der Waals surface area contributed by atoms with E-state index in [0.717, 1.165) is 12.8 Å². The molecule has 3 N–H and O–H groups in total. The van der Waals surface area contributed by atoms with Gasteiger partial charge in [-0.3, -0.25) is 0 Å². The lowest BCUT2D eigenvalue weighted by Gasteiger charge is -2.40. The molecule has 0 radical (unpaired) electrons. The fraction of sp³-hybridized carbons (Fsp3) is 0.455. The van der Waals surface area contributed by atoms with Gasteiger partial charge < -0.3 is 11.1 Å². The molecule has 1 fully saturated rings. The Morgan fingerprint density at radius 2 is 2.13 bits per heavy atom. The Bertz CT molecular complexity index is 388. The van der Waals surface area contributed by atoms with E-state index in [1.807, 2.05) is 0 Å². The lowest BCUT2D eigenvalue weighted by molar-refractivity contribution is 0.306. The first-order chi connectivity index (χ1) is 7.00. The van der Waals surface area contributed by atoms with E-state index in [1.54, 1.807) is 6.07 Å². The van der Waals surface area contributed by atoms with Crippen molar-refractivity contribution in [3.8, 4) is 0 Å². The molecular formula is C11H14BrFN2. The average Bonchev–Trinajstić information content (AvgIpc) is 2.11. The van der Waals surface area contributed by atoms with Gasteiger partial charge in [0.1, 0.15) is 5.82 Å². The number of halogens is 2. The third kappa shape index (κ3) is 2.09. The minimum Gasteiger partial charge on any atom is -0.397 e. The predicted octanol–water partition coefficient (Wildman–Crippen LogP) is 3.52. The number of nitrogens with one attached hydrogen (secondary N) is 1. The summed E-state index contributed by atoms with van der Waals surface area (Å²) in [6.07, 6.45) is 3.46. The minimum atomic E-state index is -0.283. The summed E-state index contributed by atoms with van der Waals surface area (Å²) in [5.41, 5.74) is 7.18. The van der Waals surface area contributed by atoms with Crippen LogP contribution in [0.5, 0.6) is 0 Å². The summed E-state index contributed by atoms with van der Waals surface area (Å²) in [6, 6.07) is 3.04. The monoisotopic (exact) mass is 272 g/mol. The van der Waals surface area contributed by atoms with Crippen LogP contribution >= 0.6 is 15.9 Å². The molecular weight excluding hydrogens is 259 g/mol. The van der Waals surface area contributed by atoms with E-state index < -0.39 is 0 Å². The Labute approximate surface area is 97.2 Å². The minimum absolute atomic E-state index is 0.0917. The van der Waals surface area contributed by atoms with E-state index in [9.17, 15) is 4.39 Å². The summed E-state index contributed by atoms with van der Waals surface area (Å²) in [4.78, 5) is 0. The summed E-state index contributed by atoms with van der Waals surface area (Å²) >= 11 is 3.11. The van der Waals surface area contributed by atoms with Crippen molar-refractivity contribution in [3.63, 3.8) is 0 Å². The molecule has 15 heavy (non-hydrogen) atoms. The smallest absolute Gasteiger partial charge is 0.139 e. The highest BCUT2D eigenvalue weighted by Crippen LogP contribution is 2.37. The molecule has 0 spiro atoms. The van der Waals surface area contributed by atoms with Crippen molar-refractivity contribution in [2.45, 2.75) is 31.7 Å². The van der Waals surface area contributed by atoms with Crippen LogP contribution in [0.4, 0.5) is 15.8 Å². The summed E-state index contributed by atoms with van der Waals surface area (Å²) in [7, 11) is 0. The standard InChI is InChI=1S/C11H14BrFN2/c1-11(3-2-4-11)15-10-6-8(13)7(12)5-9(10)14/h5-6,15H,2-4,14H2,1H3. The Hall–Kier alpha value is -0.770. The Kier molecular flexibility index (Phi) is 2.63. The zero-order valence-electron chi connectivity index (χ0n) is 8.61. The highest BCUT2D eigenvalue weighted by molar-refractivity contribution is 9.10. The van der Waals surface area contributed by atoms with Crippen molar-refractivity contribution >= 4 is 27.3 Å². The van der Waals surface area contributed by atoms with Crippen LogP contribution < -0.4 is 11.1 Å². The van der Waals surface area contributed by atoms with Gasteiger partial charge in [0.25, 0.3) is 0 Å². The molecule has 0 unspecified atom stereocenters. The average molecular weight is 273 g/mol. The largest absolute Gasteiger partial charge is 0.397 e. The van der Waals surface area contributed by atoms with Crippen LogP contribution in [0, 0.1) is 5.82 Å². The number of nitrogen functional groups attached to an aromatic ring is 1. The predicted molar refractivity (Wildman–Crippen MR) is 64.4 cm³/mol. The molecule has 1 aliphatic carbocycles. The van der Waals surface area contributed by atoms with Gasteiger partial charge in [0, 0.05) is 11.6 Å². The summed E-state index contributed by atoms with van der Waals surface area (Å²) < 4.78 is 13.7. The van der Waals surface area contributed by atoms with Crippen molar-refractivity contribution in [2.24, 2.45) is 0 Å². The van der Waals surface area contributed by atoms with E-state index in [-0.39, 0.29) is 11.4 Å². The van der Waals surface area contributed by atoms with Gasteiger partial charge in [-0.15, -0.1) is 0 Å². The molecule has 0 aliphatic heterocycles. The molecule has 4 heteroatoms. The maximum atomic E-state index is 13.3. The SMILES string of the molecule is CC1(Nc2cc(F)c(Br)cc2N)CCC1. The van der Waals surface area contributed by atoms with Gasteiger partial charge in [-0.25, -0.2) is 4.39 Å². The van der Waals surface area contributed by atoms with Crippen molar-refractivity contribution in [2.75, 3.05) is 11.1 Å². The molecule has 1 saturated carbocycles. The lowest BCUT2D eigenvalue weighted by atomic mass is 9.78. The van der Waals surface area contributed by atoms with Gasteiger partial charge in [0.2, 0.25) is 0 Å². The lowest BCUT2D eigenvalue weighted by Crippen LogP contribution is -2.41. The van der Waals surface area contributed by atoms with Crippen molar-refractivity contribution in [1.82, 2.24) is 0 Å². The van der Waals surface area contributed by atoms with Crippen LogP contribution in [0.15, 0.2) is 16.6 Å². The first-order valence-electron chi connectivity index (χ1n) is 5.03. The summed E-state index contributed by atoms with van der Waals surface area (Å²) in [6.45, 7) is 2.13. The van der Waals surface area contributed by atoms with Crippen LogP contribution in [0.3, 0.4) is 0 Å². The van der Waals surface area contributed by atoms with Gasteiger partial charge in [-0.1, -0.05) is 0 Å². The van der Waals surface area contributed by atoms with Crippen LogP contribution in [-0.4, -0.2) is 5.54 Å². The van der Waals surface area contributed by atoms with E-state index in [2.05, 4.69) is 28.2 Å². The molecule has 1 aromatic rings. The van der Waals surface area contributed by atoms with Crippen LogP contribution in [-0.2, 0) is 0 Å². The molecule has 2 rings (SSSR count). The number of anilines is 2. The van der Waals surface area contributed by atoms with Gasteiger partial charge >= 0.3 is 0 Å². The van der Waals surface area contributed by atoms with Crippen molar-refractivity contribution in [1.29, 1.82) is 0 Å². The molecule has 0 aromatic heterocycles. The first-order valence-corrected chi connectivity index (χ1v) is 5.82. The van der Waals surface area contributed by atoms with Gasteiger partial charge in [0.15, 0.2) is 0 Å². The maximum Gasteiger partial charge on any atom is 0.139 e. The number of rotatable bonds is 2. The third-order valence-corrected chi connectivity index (χ3v) is 3.59. The second-order valence-electron chi connectivity index (χ2n) is 4.39. The first kappa shape index (κ1) is 10.7.